The van der Waals surface area contributed by atoms with E-state index in [1.54, 1.807) is 0 Å². The maximum Gasteiger partial charge on any atom is 0.228 e. The number of anilines is 1. The van der Waals surface area contributed by atoms with E-state index in [1.807, 2.05) is 0 Å². The first kappa shape index (κ1) is 7.65. The molecule has 0 spiro atoms. The Labute approximate surface area is 72.1 Å². The molecule has 1 aliphatic heterocycles. The smallest absolute Gasteiger partial charge is 0.228 e. The topological polar surface area (TPSA) is 38.1 Å². The van der Waals surface area contributed by atoms with Gasteiger partial charge in [-0.05, 0) is 6.42 Å². The Kier molecular flexibility index (Phi) is 1.43. The van der Waals surface area contributed by atoms with E-state index in [4.69, 9.17) is 4.52 Å². The molecule has 66 valence electrons. The second kappa shape index (κ2) is 2.25. The first-order valence-electron chi connectivity index (χ1n) is 4.32. The minimum Gasteiger partial charge on any atom is -0.353 e. The average Bonchev–Trinajstić information content (AvgIpc) is 2.37. The minimum absolute atomic E-state index is 0.100. The van der Waals surface area contributed by atoms with Crippen LogP contribution in [0.2, 0.25) is 0 Å². The van der Waals surface area contributed by atoms with Gasteiger partial charge >= 0.3 is 0 Å². The molecule has 0 atom stereocenters. The maximum atomic E-state index is 5.17. The molecule has 2 heterocycles. The molecule has 0 aromatic carbocycles. The first-order valence-corrected chi connectivity index (χ1v) is 4.32. The molecule has 1 aliphatic rings. The summed E-state index contributed by atoms with van der Waals surface area (Å²) < 4.78 is 5.17. The standard InChI is InChI=1S/C9H14N2O/c1-9(2,3)7-6-4-5-10-8(6)12-11-7/h10H,4-5H2,1-3H3. The molecule has 0 saturated carbocycles. The number of fused-ring (bicyclic) bond motifs is 1. The third kappa shape index (κ3) is 1.00. The molecule has 1 N–H and O–H groups in total. The average molecular weight is 166 g/mol. The van der Waals surface area contributed by atoms with Crippen molar-refractivity contribution in [3.05, 3.63) is 11.3 Å². The molecule has 1 aromatic rings. The lowest BCUT2D eigenvalue weighted by Crippen LogP contribution is -2.13. The van der Waals surface area contributed by atoms with Gasteiger partial charge in [-0.3, -0.25) is 0 Å². The normalized spacial score (nSPS) is 15.9. The monoisotopic (exact) mass is 166 g/mol. The molecule has 0 aliphatic carbocycles. The number of hydrogen-bond acceptors (Lipinski definition) is 3. The Morgan fingerprint density at radius 1 is 1.42 bits per heavy atom. The van der Waals surface area contributed by atoms with E-state index in [2.05, 4.69) is 31.2 Å². The lowest BCUT2D eigenvalue weighted by molar-refractivity contribution is 0.402. The fourth-order valence-corrected chi connectivity index (χ4v) is 1.57. The molecule has 3 heteroatoms. The molecular weight excluding hydrogens is 152 g/mol. The van der Waals surface area contributed by atoms with Crippen molar-refractivity contribution in [3.8, 4) is 0 Å². The van der Waals surface area contributed by atoms with Crippen molar-refractivity contribution in [1.29, 1.82) is 0 Å². The fraction of sp³-hybridized carbons (Fsp3) is 0.667. The van der Waals surface area contributed by atoms with Crippen molar-refractivity contribution in [3.63, 3.8) is 0 Å². The predicted octanol–water partition coefficient (Wildman–Crippen LogP) is 1.94. The highest BCUT2D eigenvalue weighted by Gasteiger charge is 2.28. The van der Waals surface area contributed by atoms with Crippen LogP contribution in [0.5, 0.6) is 0 Å². The van der Waals surface area contributed by atoms with Gasteiger partial charge in [0.25, 0.3) is 0 Å². The van der Waals surface area contributed by atoms with Crippen molar-refractivity contribution in [2.24, 2.45) is 0 Å². The zero-order valence-electron chi connectivity index (χ0n) is 7.77. The predicted molar refractivity (Wildman–Crippen MR) is 47.4 cm³/mol. The summed E-state index contributed by atoms with van der Waals surface area (Å²) in [6.45, 7) is 7.45. The summed E-state index contributed by atoms with van der Waals surface area (Å²) >= 11 is 0. The van der Waals surface area contributed by atoms with Crippen LogP contribution in [0.25, 0.3) is 0 Å². The number of hydrogen-bond donors (Lipinski definition) is 1. The van der Waals surface area contributed by atoms with Gasteiger partial charge in [-0.15, -0.1) is 0 Å². The van der Waals surface area contributed by atoms with Gasteiger partial charge in [0, 0.05) is 17.5 Å². The molecular formula is C9H14N2O. The van der Waals surface area contributed by atoms with Crippen LogP contribution in [0.1, 0.15) is 32.0 Å². The molecule has 0 fully saturated rings. The third-order valence-electron chi connectivity index (χ3n) is 2.16. The van der Waals surface area contributed by atoms with Gasteiger partial charge < -0.3 is 9.84 Å². The molecule has 1 aromatic heterocycles. The lowest BCUT2D eigenvalue weighted by Gasteiger charge is -2.14. The summed E-state index contributed by atoms with van der Waals surface area (Å²) in [6, 6.07) is 0. The number of nitrogens with one attached hydrogen (secondary N) is 1. The Bertz CT molecular complexity index is 296. The van der Waals surface area contributed by atoms with Crippen LogP contribution < -0.4 is 5.32 Å². The summed E-state index contributed by atoms with van der Waals surface area (Å²) in [7, 11) is 0. The summed E-state index contributed by atoms with van der Waals surface area (Å²) in [5.74, 6) is 0.875. The zero-order chi connectivity index (χ0) is 8.77. The van der Waals surface area contributed by atoms with Gasteiger partial charge in [0.05, 0.1) is 5.69 Å². The molecule has 0 bridgehead atoms. The van der Waals surface area contributed by atoms with Gasteiger partial charge in [0.1, 0.15) is 0 Å². The molecule has 0 radical (unpaired) electrons. The van der Waals surface area contributed by atoms with Crippen LogP contribution in [0.15, 0.2) is 4.52 Å². The quantitative estimate of drug-likeness (QED) is 0.640. The van der Waals surface area contributed by atoms with Crippen LogP contribution in [0.4, 0.5) is 5.88 Å². The summed E-state index contributed by atoms with van der Waals surface area (Å²) in [5.41, 5.74) is 2.47. The Morgan fingerprint density at radius 2 is 2.17 bits per heavy atom. The van der Waals surface area contributed by atoms with Crippen molar-refractivity contribution in [2.75, 3.05) is 11.9 Å². The summed E-state index contributed by atoms with van der Waals surface area (Å²) in [4.78, 5) is 0. The van der Waals surface area contributed by atoms with Crippen LogP contribution in [0.3, 0.4) is 0 Å². The summed E-state index contributed by atoms with van der Waals surface area (Å²) in [5, 5.41) is 7.24. The number of aromatic nitrogens is 1. The summed E-state index contributed by atoms with van der Waals surface area (Å²) in [6.07, 6.45) is 1.05. The second-order valence-corrected chi connectivity index (χ2v) is 4.27. The van der Waals surface area contributed by atoms with Crippen LogP contribution in [0, 0.1) is 0 Å². The molecule has 0 amide bonds. The van der Waals surface area contributed by atoms with E-state index in [1.165, 1.54) is 5.56 Å². The largest absolute Gasteiger partial charge is 0.353 e. The highest BCUT2D eigenvalue weighted by Crippen LogP contribution is 2.32. The van der Waals surface area contributed by atoms with Crippen molar-refractivity contribution >= 4 is 5.88 Å². The highest BCUT2D eigenvalue weighted by molar-refractivity contribution is 5.50. The molecule has 3 nitrogen and oxygen atoms in total. The van der Waals surface area contributed by atoms with E-state index >= 15 is 0 Å². The van der Waals surface area contributed by atoms with Crippen LogP contribution in [-0.4, -0.2) is 11.7 Å². The van der Waals surface area contributed by atoms with Gasteiger partial charge in [0.15, 0.2) is 0 Å². The maximum absolute atomic E-state index is 5.17. The van der Waals surface area contributed by atoms with Gasteiger partial charge in [-0.2, -0.15) is 0 Å². The molecule has 0 saturated heterocycles. The van der Waals surface area contributed by atoms with Gasteiger partial charge in [-0.1, -0.05) is 25.9 Å². The zero-order valence-corrected chi connectivity index (χ0v) is 7.77. The van der Waals surface area contributed by atoms with E-state index in [-0.39, 0.29) is 5.41 Å². The SMILES string of the molecule is CC(C)(C)c1noc2c1CCN2. The second-order valence-electron chi connectivity index (χ2n) is 4.27. The Morgan fingerprint density at radius 3 is 2.83 bits per heavy atom. The fourth-order valence-electron chi connectivity index (χ4n) is 1.57. The molecule has 2 rings (SSSR count). The van der Waals surface area contributed by atoms with Crippen molar-refractivity contribution in [2.45, 2.75) is 32.6 Å². The Hall–Kier alpha value is -0.990. The van der Waals surface area contributed by atoms with Gasteiger partial charge in [0.2, 0.25) is 5.88 Å². The minimum atomic E-state index is 0.100. The number of rotatable bonds is 0. The van der Waals surface area contributed by atoms with Crippen LogP contribution >= 0.6 is 0 Å². The number of nitrogens with zero attached hydrogens (tertiary/aromatic N) is 1. The van der Waals surface area contributed by atoms with Gasteiger partial charge in [-0.25, -0.2) is 0 Å². The van der Waals surface area contributed by atoms with E-state index in [9.17, 15) is 0 Å². The third-order valence-corrected chi connectivity index (χ3v) is 2.16. The molecule has 0 unspecified atom stereocenters. The van der Waals surface area contributed by atoms with E-state index in [0.29, 0.717) is 0 Å². The van der Waals surface area contributed by atoms with E-state index in [0.717, 1.165) is 24.5 Å². The van der Waals surface area contributed by atoms with E-state index < -0.39 is 0 Å². The lowest BCUT2D eigenvalue weighted by atomic mass is 9.89. The highest BCUT2D eigenvalue weighted by atomic mass is 16.5. The molecule has 12 heavy (non-hydrogen) atoms. The van der Waals surface area contributed by atoms with Crippen molar-refractivity contribution < 1.29 is 4.52 Å². The van der Waals surface area contributed by atoms with Crippen LogP contribution in [-0.2, 0) is 11.8 Å². The van der Waals surface area contributed by atoms with Crippen molar-refractivity contribution in [1.82, 2.24) is 5.16 Å². The Balaban J connectivity index is 2.46. The first-order chi connectivity index (χ1) is 5.59.